The van der Waals surface area contributed by atoms with E-state index in [1.807, 2.05) is 10.9 Å². The lowest BCUT2D eigenvalue weighted by Gasteiger charge is -2.14. The molecule has 0 radical (unpaired) electrons. The van der Waals surface area contributed by atoms with E-state index in [4.69, 9.17) is 4.98 Å². The molecule has 0 aliphatic carbocycles. The Hall–Kier alpha value is -2.56. The van der Waals surface area contributed by atoms with Crippen LogP contribution in [0, 0.1) is 20.8 Å². The monoisotopic (exact) mass is 349 g/mol. The molecule has 26 heavy (non-hydrogen) atoms. The molecule has 1 aromatic carbocycles. The summed E-state index contributed by atoms with van der Waals surface area (Å²) in [6.07, 6.45) is 7.73. The molecule has 0 spiro atoms. The van der Waals surface area contributed by atoms with Gasteiger partial charge in [-0.3, -0.25) is 0 Å². The SMILES string of the molecule is Cc1ccc(C)c(-n2ncc(NC(C)c3cn4c(n3)CCCC4)c2C)c1. The highest BCUT2D eigenvalue weighted by Crippen LogP contribution is 2.26. The Balaban J connectivity index is 1.58. The summed E-state index contributed by atoms with van der Waals surface area (Å²) >= 11 is 0. The minimum Gasteiger partial charge on any atom is -0.374 e. The number of anilines is 1. The fourth-order valence-corrected chi connectivity index (χ4v) is 3.69. The van der Waals surface area contributed by atoms with E-state index in [1.54, 1.807) is 0 Å². The van der Waals surface area contributed by atoms with E-state index in [9.17, 15) is 0 Å². The molecule has 4 rings (SSSR count). The second kappa shape index (κ2) is 6.63. The molecule has 136 valence electrons. The van der Waals surface area contributed by atoms with Crippen molar-refractivity contribution in [3.05, 3.63) is 58.9 Å². The summed E-state index contributed by atoms with van der Waals surface area (Å²) in [7, 11) is 0. The van der Waals surface area contributed by atoms with Gasteiger partial charge in [0.05, 0.1) is 35.0 Å². The van der Waals surface area contributed by atoms with Crippen LogP contribution in [0.25, 0.3) is 5.69 Å². The van der Waals surface area contributed by atoms with Gasteiger partial charge in [0, 0.05) is 19.2 Å². The van der Waals surface area contributed by atoms with E-state index in [0.29, 0.717) is 0 Å². The molecule has 1 aliphatic rings. The van der Waals surface area contributed by atoms with Crippen molar-refractivity contribution in [1.82, 2.24) is 19.3 Å². The van der Waals surface area contributed by atoms with Gasteiger partial charge in [0.2, 0.25) is 0 Å². The van der Waals surface area contributed by atoms with E-state index < -0.39 is 0 Å². The minimum atomic E-state index is 0.156. The maximum Gasteiger partial charge on any atom is 0.109 e. The minimum absolute atomic E-state index is 0.156. The van der Waals surface area contributed by atoms with Crippen molar-refractivity contribution < 1.29 is 0 Å². The number of aryl methyl sites for hydroxylation is 4. The lowest BCUT2D eigenvalue weighted by atomic mass is 10.1. The highest BCUT2D eigenvalue weighted by Gasteiger charge is 2.18. The molecule has 5 heteroatoms. The summed E-state index contributed by atoms with van der Waals surface area (Å²) in [4.78, 5) is 4.84. The van der Waals surface area contributed by atoms with Crippen molar-refractivity contribution in [2.24, 2.45) is 0 Å². The molecule has 2 aromatic heterocycles. The van der Waals surface area contributed by atoms with Crippen LogP contribution in [-0.4, -0.2) is 19.3 Å². The highest BCUT2D eigenvalue weighted by molar-refractivity contribution is 5.52. The third-order valence-corrected chi connectivity index (χ3v) is 5.35. The Morgan fingerprint density at radius 3 is 2.81 bits per heavy atom. The number of nitrogens with zero attached hydrogens (tertiary/aromatic N) is 4. The predicted molar refractivity (Wildman–Crippen MR) is 105 cm³/mol. The van der Waals surface area contributed by atoms with Gasteiger partial charge >= 0.3 is 0 Å². The van der Waals surface area contributed by atoms with Crippen molar-refractivity contribution in [2.45, 2.75) is 59.5 Å². The van der Waals surface area contributed by atoms with Crippen LogP contribution in [0.1, 0.15) is 54.1 Å². The van der Waals surface area contributed by atoms with Crippen LogP contribution in [0.4, 0.5) is 5.69 Å². The number of rotatable bonds is 4. The van der Waals surface area contributed by atoms with Crippen molar-refractivity contribution >= 4 is 5.69 Å². The van der Waals surface area contributed by atoms with Crippen molar-refractivity contribution in [2.75, 3.05) is 5.32 Å². The molecule has 3 heterocycles. The van der Waals surface area contributed by atoms with Gasteiger partial charge < -0.3 is 9.88 Å². The number of aromatic nitrogens is 4. The topological polar surface area (TPSA) is 47.7 Å². The van der Waals surface area contributed by atoms with Gasteiger partial charge in [-0.1, -0.05) is 12.1 Å². The van der Waals surface area contributed by atoms with Gasteiger partial charge in [-0.05, 0) is 57.7 Å². The smallest absolute Gasteiger partial charge is 0.109 e. The van der Waals surface area contributed by atoms with Gasteiger partial charge in [0.25, 0.3) is 0 Å². The molecule has 1 aliphatic heterocycles. The zero-order valence-corrected chi connectivity index (χ0v) is 16.1. The first kappa shape index (κ1) is 16.9. The summed E-state index contributed by atoms with van der Waals surface area (Å²) < 4.78 is 4.33. The zero-order chi connectivity index (χ0) is 18.3. The van der Waals surface area contributed by atoms with Gasteiger partial charge in [0.1, 0.15) is 5.82 Å². The van der Waals surface area contributed by atoms with Crippen molar-refractivity contribution in [3.63, 3.8) is 0 Å². The summed E-state index contributed by atoms with van der Waals surface area (Å²) in [5.74, 6) is 1.22. The van der Waals surface area contributed by atoms with E-state index in [2.05, 4.69) is 67.1 Å². The van der Waals surface area contributed by atoms with Crippen molar-refractivity contribution in [3.8, 4) is 5.69 Å². The largest absolute Gasteiger partial charge is 0.374 e. The molecule has 0 amide bonds. The van der Waals surface area contributed by atoms with Crippen LogP contribution in [0.5, 0.6) is 0 Å². The van der Waals surface area contributed by atoms with Crippen LogP contribution in [0.2, 0.25) is 0 Å². The standard InChI is InChI=1S/C21H27N5/c1-14-8-9-15(2)20(11-14)26-17(4)18(12-22-26)23-16(3)19-13-25-10-6-5-7-21(25)24-19/h8-9,11-13,16,23H,5-7,10H2,1-4H3. The first-order valence-electron chi connectivity index (χ1n) is 9.47. The number of imidazole rings is 1. The Bertz CT molecular complexity index is 911. The molecule has 1 atom stereocenters. The Labute approximate surface area is 155 Å². The number of hydrogen-bond donors (Lipinski definition) is 1. The zero-order valence-electron chi connectivity index (χ0n) is 16.1. The first-order chi connectivity index (χ1) is 12.5. The summed E-state index contributed by atoms with van der Waals surface area (Å²) in [5, 5.41) is 8.23. The molecule has 0 bridgehead atoms. The number of nitrogens with one attached hydrogen (secondary N) is 1. The summed E-state index contributed by atoms with van der Waals surface area (Å²) in [6, 6.07) is 6.63. The molecular formula is C21H27N5. The lowest BCUT2D eigenvalue weighted by Crippen LogP contribution is -2.09. The van der Waals surface area contributed by atoms with Crippen LogP contribution < -0.4 is 5.32 Å². The fraction of sp³-hybridized carbons (Fsp3) is 0.429. The average Bonchev–Trinajstić information content (AvgIpc) is 3.21. The second-order valence-corrected chi connectivity index (χ2v) is 7.44. The maximum absolute atomic E-state index is 4.84. The molecule has 0 saturated carbocycles. The molecule has 1 N–H and O–H groups in total. The van der Waals surface area contributed by atoms with E-state index >= 15 is 0 Å². The third kappa shape index (κ3) is 3.02. The second-order valence-electron chi connectivity index (χ2n) is 7.44. The van der Waals surface area contributed by atoms with Crippen LogP contribution in [-0.2, 0) is 13.0 Å². The Morgan fingerprint density at radius 2 is 2.00 bits per heavy atom. The Kier molecular flexibility index (Phi) is 4.31. The van der Waals surface area contributed by atoms with E-state index in [0.717, 1.165) is 35.7 Å². The maximum atomic E-state index is 4.84. The van der Waals surface area contributed by atoms with Crippen LogP contribution in [0.3, 0.4) is 0 Å². The molecule has 0 fully saturated rings. The molecular weight excluding hydrogens is 322 g/mol. The van der Waals surface area contributed by atoms with Crippen LogP contribution in [0.15, 0.2) is 30.6 Å². The highest BCUT2D eigenvalue weighted by atomic mass is 15.3. The molecule has 0 saturated heterocycles. The predicted octanol–water partition coefficient (Wildman–Crippen LogP) is 4.50. The van der Waals surface area contributed by atoms with Gasteiger partial charge in [-0.25, -0.2) is 9.67 Å². The average molecular weight is 349 g/mol. The molecule has 1 unspecified atom stereocenters. The first-order valence-corrected chi connectivity index (χ1v) is 9.47. The lowest BCUT2D eigenvalue weighted by molar-refractivity contribution is 0.522. The van der Waals surface area contributed by atoms with Gasteiger partial charge in [0.15, 0.2) is 0 Å². The Morgan fingerprint density at radius 1 is 1.15 bits per heavy atom. The quantitative estimate of drug-likeness (QED) is 0.754. The number of benzene rings is 1. The van der Waals surface area contributed by atoms with E-state index in [-0.39, 0.29) is 6.04 Å². The van der Waals surface area contributed by atoms with Crippen LogP contribution >= 0.6 is 0 Å². The van der Waals surface area contributed by atoms with Gasteiger partial charge in [-0.15, -0.1) is 0 Å². The molecule has 5 nitrogen and oxygen atoms in total. The van der Waals surface area contributed by atoms with Gasteiger partial charge in [-0.2, -0.15) is 5.10 Å². The third-order valence-electron chi connectivity index (χ3n) is 5.35. The molecule has 3 aromatic rings. The van der Waals surface area contributed by atoms with E-state index in [1.165, 1.54) is 29.8 Å². The number of fused-ring (bicyclic) bond motifs is 1. The normalized spacial score (nSPS) is 14.9. The number of hydrogen-bond acceptors (Lipinski definition) is 3. The van der Waals surface area contributed by atoms with Crippen molar-refractivity contribution in [1.29, 1.82) is 0 Å². The summed E-state index contributed by atoms with van der Waals surface area (Å²) in [5.41, 5.74) is 6.90. The summed E-state index contributed by atoms with van der Waals surface area (Å²) in [6.45, 7) is 9.62. The fourth-order valence-electron chi connectivity index (χ4n) is 3.69.